The van der Waals surface area contributed by atoms with Crippen molar-refractivity contribution in [3.8, 4) is 0 Å². The molecule has 0 saturated heterocycles. The maximum absolute atomic E-state index is 11.6. The van der Waals surface area contributed by atoms with Crippen LogP contribution in [0, 0.1) is 0 Å². The molecule has 0 radical (unpaired) electrons. The molecule has 0 saturated carbocycles. The summed E-state index contributed by atoms with van der Waals surface area (Å²) in [5.41, 5.74) is 1.86. The van der Waals surface area contributed by atoms with Gasteiger partial charge in [-0.05, 0) is 30.5 Å². The van der Waals surface area contributed by atoms with E-state index in [0.29, 0.717) is 11.6 Å². The lowest BCUT2D eigenvalue weighted by atomic mass is 10.2. The number of hydrogen-bond donors (Lipinski definition) is 1. The predicted molar refractivity (Wildman–Crippen MR) is 78.3 cm³/mol. The molecule has 0 unspecified atom stereocenters. The molecule has 0 atom stereocenters. The van der Waals surface area contributed by atoms with Gasteiger partial charge in [0.05, 0.1) is 6.20 Å². The summed E-state index contributed by atoms with van der Waals surface area (Å²) in [6.45, 7) is 0.608. The molecule has 0 aliphatic rings. The van der Waals surface area contributed by atoms with Gasteiger partial charge in [0.2, 0.25) is 5.91 Å². The summed E-state index contributed by atoms with van der Waals surface area (Å²) in [6.07, 6.45) is 8.15. The Labute approximate surface area is 122 Å². The fraction of sp³-hybridized carbons (Fsp3) is 0.200. The number of benzene rings is 1. The van der Waals surface area contributed by atoms with E-state index in [1.165, 1.54) is 6.08 Å². The number of nitrogens with one attached hydrogen (secondary N) is 1. The molecule has 1 aromatic carbocycles. The number of nitrogens with zero attached hydrogens (tertiary/aromatic N) is 1. The molecule has 2 aromatic rings. The van der Waals surface area contributed by atoms with Gasteiger partial charge in [-0.1, -0.05) is 35.0 Å². The molecule has 5 heteroatoms. The first-order chi connectivity index (χ1) is 9.75. The van der Waals surface area contributed by atoms with E-state index in [1.54, 1.807) is 24.6 Å². The van der Waals surface area contributed by atoms with Gasteiger partial charge in [-0.25, -0.2) is 0 Å². The lowest BCUT2D eigenvalue weighted by molar-refractivity contribution is -0.116. The number of hydrogen-bond acceptors (Lipinski definition) is 3. The summed E-state index contributed by atoms with van der Waals surface area (Å²) in [4.78, 5) is 11.6. The maximum Gasteiger partial charge on any atom is 0.244 e. The summed E-state index contributed by atoms with van der Waals surface area (Å²) in [7, 11) is 0. The lowest BCUT2D eigenvalue weighted by Gasteiger charge is -2.01. The standard InChI is InChI=1S/C15H15ClN2O2/c16-14-6-2-1-5-13(14)7-8-15(19)17-9-3-4-12-10-18-20-11-12/h1-2,5-8,10-11H,3-4,9H2,(H,17,19)/b8-7+. The van der Waals surface area contributed by atoms with E-state index >= 15 is 0 Å². The van der Waals surface area contributed by atoms with Crippen molar-refractivity contribution in [3.63, 3.8) is 0 Å². The molecule has 4 nitrogen and oxygen atoms in total. The van der Waals surface area contributed by atoms with E-state index < -0.39 is 0 Å². The van der Waals surface area contributed by atoms with Crippen molar-refractivity contribution in [2.45, 2.75) is 12.8 Å². The lowest BCUT2D eigenvalue weighted by Crippen LogP contribution is -2.22. The molecule has 1 N–H and O–H groups in total. The van der Waals surface area contributed by atoms with Crippen LogP contribution in [-0.4, -0.2) is 17.6 Å². The second kappa shape index (κ2) is 7.50. The van der Waals surface area contributed by atoms with Crippen LogP contribution in [0.5, 0.6) is 0 Å². The van der Waals surface area contributed by atoms with Crippen LogP contribution in [0.25, 0.3) is 6.08 Å². The minimum Gasteiger partial charge on any atom is -0.364 e. The van der Waals surface area contributed by atoms with Gasteiger partial charge in [0.1, 0.15) is 6.26 Å². The topological polar surface area (TPSA) is 55.1 Å². The maximum atomic E-state index is 11.6. The minimum atomic E-state index is -0.129. The second-order valence-corrected chi connectivity index (χ2v) is 4.69. The van der Waals surface area contributed by atoms with Crippen molar-refractivity contribution >= 4 is 23.6 Å². The molecule has 1 aromatic heterocycles. The van der Waals surface area contributed by atoms with Gasteiger partial charge in [0, 0.05) is 23.2 Å². The molecular weight excluding hydrogens is 276 g/mol. The van der Waals surface area contributed by atoms with Crippen LogP contribution >= 0.6 is 11.6 Å². The number of halogens is 1. The first-order valence-electron chi connectivity index (χ1n) is 6.34. The first-order valence-corrected chi connectivity index (χ1v) is 6.72. The van der Waals surface area contributed by atoms with Crippen LogP contribution in [-0.2, 0) is 11.2 Å². The molecule has 0 fully saturated rings. The minimum absolute atomic E-state index is 0.129. The van der Waals surface area contributed by atoms with Crippen LogP contribution in [0.3, 0.4) is 0 Å². The van der Waals surface area contributed by atoms with Gasteiger partial charge < -0.3 is 9.84 Å². The van der Waals surface area contributed by atoms with Crippen molar-refractivity contribution in [2.24, 2.45) is 0 Å². The summed E-state index contributed by atoms with van der Waals surface area (Å²) >= 11 is 5.99. The molecule has 0 aliphatic heterocycles. The Hall–Kier alpha value is -2.07. The number of carbonyl (C=O) groups is 1. The van der Waals surface area contributed by atoms with Gasteiger partial charge in [0.15, 0.2) is 0 Å². The number of carbonyl (C=O) groups excluding carboxylic acids is 1. The van der Waals surface area contributed by atoms with Crippen LogP contribution in [0.1, 0.15) is 17.5 Å². The van der Waals surface area contributed by atoms with Gasteiger partial charge in [-0.3, -0.25) is 4.79 Å². The third-order valence-corrected chi connectivity index (χ3v) is 3.09. The van der Waals surface area contributed by atoms with Crippen molar-refractivity contribution in [1.29, 1.82) is 0 Å². The largest absolute Gasteiger partial charge is 0.364 e. The highest BCUT2D eigenvalue weighted by Gasteiger charge is 1.99. The molecule has 0 aliphatic carbocycles. The van der Waals surface area contributed by atoms with E-state index in [9.17, 15) is 4.79 Å². The summed E-state index contributed by atoms with van der Waals surface area (Å²) < 4.78 is 4.73. The van der Waals surface area contributed by atoms with E-state index in [-0.39, 0.29) is 5.91 Å². The van der Waals surface area contributed by atoms with Gasteiger partial charge in [-0.2, -0.15) is 0 Å². The van der Waals surface area contributed by atoms with E-state index in [1.807, 2.05) is 18.2 Å². The molecule has 20 heavy (non-hydrogen) atoms. The number of amides is 1. The average Bonchev–Trinajstić information content (AvgIpc) is 2.96. The Balaban J connectivity index is 1.71. The Kier molecular flexibility index (Phi) is 5.38. The van der Waals surface area contributed by atoms with E-state index in [4.69, 9.17) is 16.1 Å². The van der Waals surface area contributed by atoms with Crippen LogP contribution < -0.4 is 5.32 Å². The Morgan fingerprint density at radius 2 is 2.25 bits per heavy atom. The smallest absolute Gasteiger partial charge is 0.244 e. The van der Waals surface area contributed by atoms with E-state index in [2.05, 4.69) is 10.5 Å². The summed E-state index contributed by atoms with van der Waals surface area (Å²) in [5.74, 6) is -0.129. The zero-order valence-corrected chi connectivity index (χ0v) is 11.6. The predicted octanol–water partition coefficient (Wildman–Crippen LogP) is 3.09. The van der Waals surface area contributed by atoms with Crippen LogP contribution in [0.4, 0.5) is 0 Å². The van der Waals surface area contributed by atoms with Crippen LogP contribution in [0.2, 0.25) is 5.02 Å². The van der Waals surface area contributed by atoms with Crippen LogP contribution in [0.15, 0.2) is 47.3 Å². The van der Waals surface area contributed by atoms with Gasteiger partial charge in [0.25, 0.3) is 0 Å². The van der Waals surface area contributed by atoms with E-state index in [0.717, 1.165) is 24.0 Å². The number of aromatic nitrogens is 1. The SMILES string of the molecule is O=C(/C=C/c1ccccc1Cl)NCCCc1cnoc1. The highest BCUT2D eigenvalue weighted by atomic mass is 35.5. The van der Waals surface area contributed by atoms with Crippen molar-refractivity contribution in [3.05, 3.63) is 59.0 Å². The van der Waals surface area contributed by atoms with Crippen molar-refractivity contribution in [1.82, 2.24) is 10.5 Å². The third-order valence-electron chi connectivity index (χ3n) is 2.74. The average molecular weight is 291 g/mol. The molecule has 0 spiro atoms. The molecule has 1 heterocycles. The second-order valence-electron chi connectivity index (χ2n) is 4.28. The third kappa shape index (κ3) is 4.55. The zero-order chi connectivity index (χ0) is 14.2. The Bertz CT molecular complexity index is 579. The fourth-order valence-electron chi connectivity index (χ4n) is 1.69. The van der Waals surface area contributed by atoms with Gasteiger partial charge >= 0.3 is 0 Å². The Morgan fingerprint density at radius 3 is 3.00 bits per heavy atom. The fourth-order valence-corrected chi connectivity index (χ4v) is 1.89. The number of rotatable bonds is 6. The molecule has 1 amide bonds. The van der Waals surface area contributed by atoms with Crippen molar-refractivity contribution in [2.75, 3.05) is 6.54 Å². The normalized spacial score (nSPS) is 10.8. The molecule has 0 bridgehead atoms. The highest BCUT2D eigenvalue weighted by Crippen LogP contribution is 2.15. The Morgan fingerprint density at radius 1 is 1.40 bits per heavy atom. The summed E-state index contributed by atoms with van der Waals surface area (Å²) in [6, 6.07) is 7.38. The molecule has 2 rings (SSSR count). The van der Waals surface area contributed by atoms with Crippen molar-refractivity contribution < 1.29 is 9.32 Å². The quantitative estimate of drug-likeness (QED) is 0.657. The first kappa shape index (κ1) is 14.3. The monoisotopic (exact) mass is 290 g/mol. The number of aryl methyl sites for hydroxylation is 1. The molecule has 104 valence electrons. The summed E-state index contributed by atoms with van der Waals surface area (Å²) in [5, 5.41) is 7.06. The zero-order valence-electron chi connectivity index (χ0n) is 10.9. The highest BCUT2D eigenvalue weighted by molar-refractivity contribution is 6.32. The molecular formula is C15H15ClN2O2. The van der Waals surface area contributed by atoms with Gasteiger partial charge in [-0.15, -0.1) is 0 Å².